The highest BCUT2D eigenvalue weighted by Crippen LogP contribution is 2.19. The van der Waals surface area contributed by atoms with Crippen molar-refractivity contribution in [1.82, 2.24) is 20.9 Å². The van der Waals surface area contributed by atoms with Gasteiger partial charge in [-0.15, -0.1) is 0 Å². The number of urea groups is 1. The van der Waals surface area contributed by atoms with Crippen LogP contribution in [0.25, 0.3) is 0 Å². The van der Waals surface area contributed by atoms with Gasteiger partial charge in [-0.1, -0.05) is 32.9 Å². The molecular formula is C46H74N6O15. The van der Waals surface area contributed by atoms with E-state index in [2.05, 4.69) is 21.3 Å². The minimum atomic E-state index is -0.786. The van der Waals surface area contributed by atoms with E-state index in [0.717, 1.165) is 16.9 Å². The average molecular weight is 951 g/mol. The maximum Gasteiger partial charge on any atom is 0.312 e. The van der Waals surface area contributed by atoms with Crippen LogP contribution in [0.15, 0.2) is 36.4 Å². The standard InChI is InChI=1S/C46H74N6O15/c1-4-36-7-9-38(10-8-36)50-45(58)37(6-5-15-49-46(47)59)34-39(53)44(35(2)3)51-41(55)14-18-60-20-22-62-24-26-64-28-30-66-32-33-67-31-29-65-27-25-63-23-21-61-19-16-48-40(54)13-17-52-42(56)11-12-43(52)57/h7-12,35,37,44H,4-6,13-34H2,1-3H3,(H,48,54)(H,50,58)(H,51,55)(H3,47,49,59)/t37-,44+/m1/s1. The number of hydrogen-bond acceptors (Lipinski definition) is 15. The van der Waals surface area contributed by atoms with E-state index in [1.54, 1.807) is 0 Å². The molecule has 1 aliphatic rings. The van der Waals surface area contributed by atoms with Crippen LogP contribution in [0.1, 0.15) is 58.4 Å². The number of amides is 7. The van der Waals surface area contributed by atoms with Gasteiger partial charge in [-0.3, -0.25) is 33.7 Å². The number of carbonyl (C=O) groups excluding carboxylic acids is 7. The van der Waals surface area contributed by atoms with Gasteiger partial charge in [0.25, 0.3) is 11.8 Å². The van der Waals surface area contributed by atoms with E-state index in [1.807, 2.05) is 45.0 Å². The van der Waals surface area contributed by atoms with E-state index in [4.69, 9.17) is 43.6 Å². The number of nitrogens with two attached hydrogens (primary N) is 1. The van der Waals surface area contributed by atoms with Crippen molar-refractivity contribution < 1.29 is 71.5 Å². The Balaban J connectivity index is 1.39. The number of benzene rings is 1. The summed E-state index contributed by atoms with van der Waals surface area (Å²) in [5, 5.41) is 10.9. The number of nitrogens with one attached hydrogen (secondary N) is 4. The fraction of sp³-hybridized carbons (Fsp3) is 0.674. The maximum atomic E-state index is 13.5. The lowest BCUT2D eigenvalue weighted by Crippen LogP contribution is -2.45. The van der Waals surface area contributed by atoms with Gasteiger partial charge >= 0.3 is 6.03 Å². The molecule has 2 rings (SSSR count). The molecule has 7 amide bonds. The Hall–Kier alpha value is -4.87. The van der Waals surface area contributed by atoms with Gasteiger partial charge in [0.15, 0.2) is 5.78 Å². The number of Topliss-reactive ketones (excluding diaryl/α,β-unsaturated/α-hetero) is 1. The fourth-order valence-electron chi connectivity index (χ4n) is 6.21. The van der Waals surface area contributed by atoms with Crippen molar-refractivity contribution >= 4 is 47.0 Å². The summed E-state index contributed by atoms with van der Waals surface area (Å²) in [4.78, 5) is 86.5. The van der Waals surface area contributed by atoms with Crippen molar-refractivity contribution in [1.29, 1.82) is 0 Å². The maximum absolute atomic E-state index is 13.5. The van der Waals surface area contributed by atoms with Crippen LogP contribution in [0.2, 0.25) is 0 Å². The first-order valence-electron chi connectivity index (χ1n) is 23.1. The zero-order valence-corrected chi connectivity index (χ0v) is 39.5. The van der Waals surface area contributed by atoms with Crippen LogP contribution in [0, 0.1) is 11.8 Å². The molecule has 1 aromatic carbocycles. The minimum Gasteiger partial charge on any atom is -0.379 e. The number of aryl methyl sites for hydroxylation is 1. The summed E-state index contributed by atoms with van der Waals surface area (Å²) < 4.78 is 43.9. The molecular weight excluding hydrogens is 877 g/mol. The van der Waals surface area contributed by atoms with E-state index in [1.165, 1.54) is 12.2 Å². The van der Waals surface area contributed by atoms with Gasteiger partial charge in [0.05, 0.1) is 112 Å². The molecule has 1 aromatic rings. The van der Waals surface area contributed by atoms with Gasteiger partial charge in [-0.05, 0) is 42.9 Å². The van der Waals surface area contributed by atoms with E-state index < -0.39 is 29.8 Å². The van der Waals surface area contributed by atoms with Crippen LogP contribution in [-0.4, -0.2) is 178 Å². The largest absolute Gasteiger partial charge is 0.379 e. The van der Waals surface area contributed by atoms with Crippen molar-refractivity contribution in [2.24, 2.45) is 17.6 Å². The lowest BCUT2D eigenvalue weighted by atomic mass is 9.89. The molecule has 0 aromatic heterocycles. The first-order valence-corrected chi connectivity index (χ1v) is 23.1. The zero-order valence-electron chi connectivity index (χ0n) is 39.5. The van der Waals surface area contributed by atoms with Crippen molar-refractivity contribution in [2.75, 3.05) is 131 Å². The first kappa shape index (κ1) is 58.3. The molecule has 0 saturated heterocycles. The summed E-state index contributed by atoms with van der Waals surface area (Å²) in [5.74, 6) is -2.89. The monoisotopic (exact) mass is 951 g/mol. The van der Waals surface area contributed by atoms with Crippen LogP contribution in [-0.2, 0) is 73.1 Å². The summed E-state index contributed by atoms with van der Waals surface area (Å²) in [7, 11) is 0. The quantitative estimate of drug-likeness (QED) is 0.0457. The van der Waals surface area contributed by atoms with Gasteiger partial charge in [-0.25, -0.2) is 4.79 Å². The van der Waals surface area contributed by atoms with E-state index in [-0.39, 0.29) is 75.0 Å². The molecule has 6 N–H and O–H groups in total. The Bertz CT molecular complexity index is 1610. The number of rotatable bonds is 42. The summed E-state index contributed by atoms with van der Waals surface area (Å²) in [6.07, 6.45) is 4.01. The second-order valence-corrected chi connectivity index (χ2v) is 15.5. The topological polar surface area (TPSA) is 271 Å². The number of hydrogen-bond donors (Lipinski definition) is 5. The van der Waals surface area contributed by atoms with Gasteiger partial charge in [0.2, 0.25) is 17.7 Å². The zero-order chi connectivity index (χ0) is 48.9. The number of imide groups is 1. The van der Waals surface area contributed by atoms with Crippen LogP contribution < -0.4 is 27.0 Å². The Kier molecular flexibility index (Phi) is 32.3. The van der Waals surface area contributed by atoms with E-state index >= 15 is 0 Å². The van der Waals surface area contributed by atoms with Crippen LogP contribution >= 0.6 is 0 Å². The number of nitrogens with zero attached hydrogens (tertiary/aromatic N) is 1. The van der Waals surface area contributed by atoms with Gasteiger partial charge in [0.1, 0.15) is 0 Å². The predicted octanol–water partition coefficient (Wildman–Crippen LogP) is 1.31. The number of carbonyl (C=O) groups is 7. The van der Waals surface area contributed by atoms with Gasteiger partial charge < -0.3 is 64.9 Å². The van der Waals surface area contributed by atoms with Crippen molar-refractivity contribution in [2.45, 2.75) is 65.3 Å². The Labute approximate surface area is 394 Å². The molecule has 1 aliphatic heterocycles. The summed E-state index contributed by atoms with van der Waals surface area (Å²) in [6.45, 7) is 12.2. The molecule has 0 bridgehead atoms. The Morgan fingerprint density at radius 1 is 0.612 bits per heavy atom. The molecule has 2 atom stereocenters. The summed E-state index contributed by atoms with van der Waals surface area (Å²) >= 11 is 0. The highest BCUT2D eigenvalue weighted by atomic mass is 16.6. The third-order valence-electron chi connectivity index (χ3n) is 9.92. The highest BCUT2D eigenvalue weighted by molar-refractivity contribution is 6.13. The molecule has 0 unspecified atom stereocenters. The molecule has 0 saturated carbocycles. The van der Waals surface area contributed by atoms with Crippen LogP contribution in [0.5, 0.6) is 0 Å². The highest BCUT2D eigenvalue weighted by Gasteiger charge is 2.29. The average Bonchev–Trinajstić information content (AvgIpc) is 3.63. The molecule has 67 heavy (non-hydrogen) atoms. The van der Waals surface area contributed by atoms with Gasteiger partial charge in [-0.2, -0.15) is 0 Å². The third kappa shape index (κ3) is 28.8. The van der Waals surface area contributed by atoms with E-state index in [9.17, 15) is 33.6 Å². The Morgan fingerprint density at radius 2 is 1.09 bits per heavy atom. The number of ketones is 1. The van der Waals surface area contributed by atoms with Crippen molar-refractivity contribution in [3.63, 3.8) is 0 Å². The van der Waals surface area contributed by atoms with Crippen LogP contribution in [0.4, 0.5) is 10.5 Å². The molecule has 0 radical (unpaired) electrons. The van der Waals surface area contributed by atoms with E-state index in [0.29, 0.717) is 118 Å². The number of primary amides is 1. The molecule has 0 fully saturated rings. The fourth-order valence-corrected chi connectivity index (χ4v) is 6.21. The summed E-state index contributed by atoms with van der Waals surface area (Å²) in [6, 6.07) is 6.05. The molecule has 1 heterocycles. The lowest BCUT2D eigenvalue weighted by Gasteiger charge is -2.24. The number of ether oxygens (including phenoxy) is 8. The molecule has 0 spiro atoms. The normalized spacial score (nSPS) is 13.2. The molecule has 21 nitrogen and oxygen atoms in total. The second kappa shape index (κ2) is 37.2. The second-order valence-electron chi connectivity index (χ2n) is 15.5. The minimum absolute atomic E-state index is 0.0353. The van der Waals surface area contributed by atoms with Crippen molar-refractivity contribution in [3.8, 4) is 0 Å². The van der Waals surface area contributed by atoms with Gasteiger partial charge in [0, 0.05) is 62.7 Å². The number of anilines is 1. The summed E-state index contributed by atoms with van der Waals surface area (Å²) in [5.41, 5.74) is 6.92. The third-order valence-corrected chi connectivity index (χ3v) is 9.92. The molecule has 378 valence electrons. The lowest BCUT2D eigenvalue weighted by molar-refractivity contribution is -0.137. The van der Waals surface area contributed by atoms with Crippen LogP contribution in [0.3, 0.4) is 0 Å². The Morgan fingerprint density at radius 3 is 1.55 bits per heavy atom. The SMILES string of the molecule is CCc1ccc(NC(=O)[C@H](CCCNC(N)=O)CC(=O)[C@@H](NC(=O)CCOCCOCCOCCOCCOCCOCCOCCOCCNC(=O)CCN2C(=O)C=CC2=O)C(C)C)cc1. The predicted molar refractivity (Wildman–Crippen MR) is 246 cm³/mol. The molecule has 0 aliphatic carbocycles. The van der Waals surface area contributed by atoms with Crippen molar-refractivity contribution in [3.05, 3.63) is 42.0 Å². The molecule has 21 heteroatoms. The smallest absolute Gasteiger partial charge is 0.312 e. The first-order chi connectivity index (χ1) is 32.4.